The number of aliphatic hydroxyl groups excluding tert-OH is 1. The minimum atomic E-state index is -0.523. The molecule has 1 atom stereocenters. The van der Waals surface area contributed by atoms with E-state index in [9.17, 15) is 9.90 Å². The highest BCUT2D eigenvalue weighted by atomic mass is 79.9. The van der Waals surface area contributed by atoms with Gasteiger partial charge in [-0.1, -0.05) is 6.07 Å². The molecule has 1 aliphatic heterocycles. The van der Waals surface area contributed by atoms with Crippen LogP contribution in [-0.4, -0.2) is 62.1 Å². The monoisotopic (exact) mass is 533 g/mol. The molecule has 0 aromatic carbocycles. The molecule has 0 spiro atoms. The Balaban J connectivity index is 1.22. The van der Waals surface area contributed by atoms with E-state index in [2.05, 4.69) is 31.3 Å². The van der Waals surface area contributed by atoms with E-state index < -0.39 is 6.23 Å². The van der Waals surface area contributed by atoms with E-state index in [0.29, 0.717) is 24.7 Å². The number of carbonyl (C=O) groups excluding carboxylic acids is 1. The maximum absolute atomic E-state index is 13.0. The van der Waals surface area contributed by atoms with Crippen molar-refractivity contribution in [1.29, 1.82) is 0 Å². The number of ether oxygens (including phenoxy) is 1. The highest BCUT2D eigenvalue weighted by Gasteiger charge is 2.28. The van der Waals surface area contributed by atoms with Gasteiger partial charge in [0.1, 0.15) is 12.3 Å². The zero-order chi connectivity index (χ0) is 24.1. The molecular formula is C25H36BrN5O3. The number of nitrogens with one attached hydrogen (secondary N) is 1. The molecule has 1 unspecified atom stereocenters. The van der Waals surface area contributed by atoms with Gasteiger partial charge in [0.2, 0.25) is 5.88 Å². The summed E-state index contributed by atoms with van der Waals surface area (Å²) in [7, 11) is 0. The summed E-state index contributed by atoms with van der Waals surface area (Å²) in [5, 5.41) is 17.3. The van der Waals surface area contributed by atoms with Gasteiger partial charge in [-0.05, 0) is 86.7 Å². The topological polar surface area (TPSA) is 92.5 Å². The van der Waals surface area contributed by atoms with Crippen LogP contribution in [0.2, 0.25) is 0 Å². The summed E-state index contributed by atoms with van der Waals surface area (Å²) in [6.07, 6.45) is 10.5. The van der Waals surface area contributed by atoms with Crippen molar-refractivity contribution in [2.24, 2.45) is 5.92 Å². The van der Waals surface area contributed by atoms with Crippen LogP contribution in [0.5, 0.6) is 5.88 Å². The molecule has 4 rings (SSSR count). The van der Waals surface area contributed by atoms with E-state index in [1.807, 2.05) is 34.8 Å². The van der Waals surface area contributed by atoms with Crippen LogP contribution in [0.3, 0.4) is 0 Å². The number of nitrogens with zero attached hydrogens (tertiary/aromatic N) is 4. The Morgan fingerprint density at radius 1 is 1.26 bits per heavy atom. The molecule has 2 aliphatic rings. The predicted molar refractivity (Wildman–Crippen MR) is 134 cm³/mol. The molecule has 2 fully saturated rings. The summed E-state index contributed by atoms with van der Waals surface area (Å²) in [6, 6.07) is 4.22. The van der Waals surface area contributed by atoms with Gasteiger partial charge in [0.25, 0.3) is 5.91 Å². The second-order valence-electron chi connectivity index (χ2n) is 9.67. The van der Waals surface area contributed by atoms with Crippen molar-refractivity contribution in [3.05, 3.63) is 40.3 Å². The molecular weight excluding hydrogens is 498 g/mol. The van der Waals surface area contributed by atoms with Gasteiger partial charge in [0.15, 0.2) is 5.69 Å². The fraction of sp³-hybridized carbons (Fsp3) is 0.640. The molecule has 186 valence electrons. The Morgan fingerprint density at radius 3 is 2.68 bits per heavy atom. The van der Waals surface area contributed by atoms with Crippen LogP contribution in [0.1, 0.15) is 67.9 Å². The summed E-state index contributed by atoms with van der Waals surface area (Å²) in [5.74, 6) is 1.38. The maximum atomic E-state index is 13.0. The predicted octanol–water partition coefficient (Wildman–Crippen LogP) is 3.91. The van der Waals surface area contributed by atoms with Gasteiger partial charge in [-0.25, -0.2) is 4.98 Å². The average molecular weight is 534 g/mol. The molecule has 2 N–H and O–H groups in total. The Hall–Kier alpha value is -1.97. The fourth-order valence-electron chi connectivity index (χ4n) is 5.00. The summed E-state index contributed by atoms with van der Waals surface area (Å²) >= 11 is 3.54. The first kappa shape index (κ1) is 25.1. The second kappa shape index (κ2) is 11.6. The van der Waals surface area contributed by atoms with Crippen molar-refractivity contribution >= 4 is 21.8 Å². The maximum Gasteiger partial charge on any atom is 0.275 e. The third-order valence-electron chi connectivity index (χ3n) is 6.98. The van der Waals surface area contributed by atoms with Gasteiger partial charge in [-0.2, -0.15) is 5.10 Å². The zero-order valence-corrected chi connectivity index (χ0v) is 21.7. The highest BCUT2D eigenvalue weighted by Crippen LogP contribution is 2.30. The first-order valence-corrected chi connectivity index (χ1v) is 13.2. The van der Waals surface area contributed by atoms with Gasteiger partial charge in [0, 0.05) is 43.6 Å². The summed E-state index contributed by atoms with van der Waals surface area (Å²) in [4.78, 5) is 19.2. The Morgan fingerprint density at radius 2 is 2.00 bits per heavy atom. The normalized spacial score (nSPS) is 22.5. The van der Waals surface area contributed by atoms with Crippen LogP contribution in [-0.2, 0) is 6.54 Å². The minimum Gasteiger partial charge on any atom is -0.474 e. The molecule has 0 radical (unpaired) electrons. The van der Waals surface area contributed by atoms with Gasteiger partial charge in [0.05, 0.1) is 4.47 Å². The number of pyridine rings is 1. The smallest absolute Gasteiger partial charge is 0.275 e. The molecule has 0 bridgehead atoms. The van der Waals surface area contributed by atoms with E-state index >= 15 is 0 Å². The van der Waals surface area contributed by atoms with Crippen molar-refractivity contribution in [1.82, 2.24) is 25.0 Å². The van der Waals surface area contributed by atoms with E-state index in [0.717, 1.165) is 67.4 Å². The van der Waals surface area contributed by atoms with Crippen LogP contribution in [0.4, 0.5) is 0 Å². The molecule has 1 amide bonds. The number of aliphatic hydroxyl groups is 1. The number of rotatable bonds is 8. The summed E-state index contributed by atoms with van der Waals surface area (Å²) in [6.45, 7) is 5.91. The Bertz CT molecular complexity index is 950. The third-order valence-corrected chi connectivity index (χ3v) is 7.56. The molecule has 1 aliphatic carbocycles. The molecule has 1 saturated heterocycles. The van der Waals surface area contributed by atoms with Crippen molar-refractivity contribution in [2.45, 2.75) is 83.7 Å². The largest absolute Gasteiger partial charge is 0.474 e. The molecule has 1 saturated carbocycles. The lowest BCUT2D eigenvalue weighted by Gasteiger charge is -2.32. The lowest BCUT2D eigenvalue weighted by Crippen LogP contribution is -2.47. The van der Waals surface area contributed by atoms with E-state index in [-0.39, 0.29) is 18.1 Å². The van der Waals surface area contributed by atoms with Crippen LogP contribution in [0.25, 0.3) is 0 Å². The van der Waals surface area contributed by atoms with E-state index in [1.165, 1.54) is 0 Å². The van der Waals surface area contributed by atoms with Crippen molar-refractivity contribution in [3.63, 3.8) is 0 Å². The number of hydrogen-bond acceptors (Lipinski definition) is 6. The highest BCUT2D eigenvalue weighted by molar-refractivity contribution is 9.10. The summed E-state index contributed by atoms with van der Waals surface area (Å²) in [5.41, 5.74) is 1.57. The number of hydrogen-bond donors (Lipinski definition) is 2. The molecule has 2 aromatic rings. The quantitative estimate of drug-likeness (QED) is 0.499. The Labute approximate surface area is 210 Å². The van der Waals surface area contributed by atoms with Crippen LogP contribution in [0, 0.1) is 12.8 Å². The van der Waals surface area contributed by atoms with Crippen LogP contribution >= 0.6 is 15.9 Å². The number of amides is 1. The lowest BCUT2D eigenvalue weighted by atomic mass is 9.85. The molecule has 2 aromatic heterocycles. The van der Waals surface area contributed by atoms with Crippen LogP contribution in [0.15, 0.2) is 29.0 Å². The molecule has 34 heavy (non-hydrogen) atoms. The second-order valence-corrected chi connectivity index (χ2v) is 10.5. The number of likely N-dealkylation sites (tertiary alicyclic amines) is 1. The van der Waals surface area contributed by atoms with Crippen molar-refractivity contribution in [3.8, 4) is 5.88 Å². The Kier molecular flexibility index (Phi) is 8.60. The van der Waals surface area contributed by atoms with Crippen molar-refractivity contribution in [2.75, 3.05) is 13.1 Å². The summed E-state index contributed by atoms with van der Waals surface area (Å²) < 4.78 is 8.79. The number of halogens is 1. The third kappa shape index (κ3) is 6.58. The number of aromatic nitrogens is 3. The minimum absolute atomic E-state index is 0.0245. The zero-order valence-electron chi connectivity index (χ0n) is 20.1. The van der Waals surface area contributed by atoms with Gasteiger partial charge >= 0.3 is 0 Å². The van der Waals surface area contributed by atoms with E-state index in [4.69, 9.17) is 4.74 Å². The average Bonchev–Trinajstić information content (AvgIpc) is 3.20. The van der Waals surface area contributed by atoms with Gasteiger partial charge < -0.3 is 14.7 Å². The van der Waals surface area contributed by atoms with E-state index in [1.54, 1.807) is 13.1 Å². The SMILES string of the molecule is Cc1cccnc1OC1CCC(CCn2cc(Br)c(C(=O)N3CCC(NC(C)O)CC3)n2)CC1. The van der Waals surface area contributed by atoms with Gasteiger partial charge in [-0.15, -0.1) is 0 Å². The number of carbonyl (C=O) groups is 1. The number of piperidine rings is 1. The molecule has 8 nitrogen and oxygen atoms in total. The standard InChI is InChI=1S/C25H36BrN5O3/c1-17-4-3-12-27-24(17)34-21-7-5-19(6-8-21)9-15-31-16-22(26)23(29-31)25(33)30-13-10-20(11-14-30)28-18(2)32/h3-4,12,16,18-21,28,32H,5-11,13-15H2,1-2H3. The fourth-order valence-corrected chi connectivity index (χ4v) is 5.49. The first-order valence-electron chi connectivity index (χ1n) is 12.4. The lowest BCUT2D eigenvalue weighted by molar-refractivity contribution is 0.0660. The van der Waals surface area contributed by atoms with Crippen molar-refractivity contribution < 1.29 is 14.6 Å². The molecule has 3 heterocycles. The van der Waals surface area contributed by atoms with Gasteiger partial charge in [-0.3, -0.25) is 14.8 Å². The number of aryl methyl sites for hydroxylation is 2. The first-order chi connectivity index (χ1) is 16.4. The molecule has 9 heteroatoms. The van der Waals surface area contributed by atoms with Crippen LogP contribution < -0.4 is 10.1 Å².